The highest BCUT2D eigenvalue weighted by molar-refractivity contribution is 9.10. The summed E-state index contributed by atoms with van der Waals surface area (Å²) in [6.07, 6.45) is 9.41. The van der Waals surface area contributed by atoms with E-state index in [0.29, 0.717) is 18.3 Å². The molecule has 2 aromatic heterocycles. The summed E-state index contributed by atoms with van der Waals surface area (Å²) in [6.45, 7) is 0.942. The summed E-state index contributed by atoms with van der Waals surface area (Å²) in [5.41, 5.74) is -1.03. The van der Waals surface area contributed by atoms with E-state index in [1.165, 1.54) is 0 Å². The number of nitrogens with zero attached hydrogens (tertiary/aromatic N) is 3. The van der Waals surface area contributed by atoms with E-state index in [1.54, 1.807) is 0 Å². The average molecular weight is 421 g/mol. The molecule has 2 bridgehead atoms. The van der Waals surface area contributed by atoms with E-state index < -0.39 is 5.67 Å². The van der Waals surface area contributed by atoms with Gasteiger partial charge in [0.05, 0.1) is 0 Å². The van der Waals surface area contributed by atoms with Crippen molar-refractivity contribution in [2.24, 2.45) is 5.41 Å². The number of hydrogen-bond acceptors (Lipinski definition) is 5. The molecule has 26 heavy (non-hydrogen) atoms. The molecule has 0 atom stereocenters. The second-order valence-corrected chi connectivity index (χ2v) is 9.30. The van der Waals surface area contributed by atoms with Crippen LogP contribution in [0.2, 0.25) is 0 Å². The standard InChI is InChI=1S/C19H22BrFN4O/c20-13-1-10-22-14(11-13)23-12-17-2-5-18(6-3-17,7-4-17)15-24-16(26-25-15)19(21)8-9-19/h1,10-11H,2-9,12H2,(H,22,23). The zero-order chi connectivity index (χ0) is 17.8. The van der Waals surface area contributed by atoms with Crippen molar-refractivity contribution >= 4 is 21.7 Å². The summed E-state index contributed by atoms with van der Waals surface area (Å²) in [5.74, 6) is 1.86. The molecule has 0 spiro atoms. The third-order valence-corrected chi connectivity index (χ3v) is 7.23. The van der Waals surface area contributed by atoms with Crippen LogP contribution in [0.25, 0.3) is 0 Å². The molecular weight excluding hydrogens is 399 g/mol. The van der Waals surface area contributed by atoms with Gasteiger partial charge in [-0.2, -0.15) is 4.98 Å². The first-order valence-electron chi connectivity index (χ1n) is 9.40. The fourth-order valence-corrected chi connectivity index (χ4v) is 4.92. The van der Waals surface area contributed by atoms with Gasteiger partial charge in [0.15, 0.2) is 11.5 Å². The van der Waals surface area contributed by atoms with Gasteiger partial charge < -0.3 is 9.84 Å². The van der Waals surface area contributed by atoms with Gasteiger partial charge in [0.2, 0.25) is 0 Å². The van der Waals surface area contributed by atoms with Crippen molar-refractivity contribution in [1.82, 2.24) is 15.1 Å². The normalized spacial score (nSPS) is 31.8. The van der Waals surface area contributed by atoms with Gasteiger partial charge >= 0.3 is 0 Å². The van der Waals surface area contributed by atoms with Crippen molar-refractivity contribution in [1.29, 1.82) is 0 Å². The van der Waals surface area contributed by atoms with Crippen molar-refractivity contribution in [3.63, 3.8) is 0 Å². The lowest BCUT2D eigenvalue weighted by atomic mass is 9.53. The van der Waals surface area contributed by atoms with Crippen LogP contribution in [0.1, 0.15) is 63.1 Å². The topological polar surface area (TPSA) is 63.8 Å². The molecule has 138 valence electrons. The van der Waals surface area contributed by atoms with Crippen molar-refractivity contribution in [3.8, 4) is 0 Å². The number of rotatable bonds is 5. The molecule has 2 heterocycles. The summed E-state index contributed by atoms with van der Waals surface area (Å²) in [5, 5.41) is 7.70. The largest absolute Gasteiger partial charge is 0.369 e. The lowest BCUT2D eigenvalue weighted by Crippen LogP contribution is -2.47. The van der Waals surface area contributed by atoms with E-state index in [0.717, 1.165) is 61.2 Å². The monoisotopic (exact) mass is 420 g/mol. The van der Waals surface area contributed by atoms with Crippen LogP contribution in [0.15, 0.2) is 27.3 Å². The maximum atomic E-state index is 14.2. The lowest BCUT2D eigenvalue weighted by molar-refractivity contribution is 0.0445. The Morgan fingerprint density at radius 1 is 1.12 bits per heavy atom. The maximum absolute atomic E-state index is 14.2. The summed E-state index contributed by atoms with van der Waals surface area (Å²) in [4.78, 5) is 8.86. The van der Waals surface area contributed by atoms with Gasteiger partial charge in [0.1, 0.15) is 5.82 Å². The number of pyridine rings is 1. The fraction of sp³-hybridized carbons (Fsp3) is 0.632. The minimum absolute atomic E-state index is 0.0111. The molecule has 4 saturated carbocycles. The maximum Gasteiger partial charge on any atom is 0.264 e. The van der Waals surface area contributed by atoms with Gasteiger partial charge in [-0.25, -0.2) is 9.37 Å². The number of anilines is 1. The summed E-state index contributed by atoms with van der Waals surface area (Å²) in [7, 11) is 0. The van der Waals surface area contributed by atoms with Crippen LogP contribution in [0.4, 0.5) is 10.2 Å². The zero-order valence-electron chi connectivity index (χ0n) is 14.6. The number of nitrogens with one attached hydrogen (secondary N) is 1. The molecule has 1 N–H and O–H groups in total. The van der Waals surface area contributed by atoms with Gasteiger partial charge in [0, 0.05) is 22.6 Å². The molecule has 0 aromatic carbocycles. The highest BCUT2D eigenvalue weighted by Gasteiger charge is 2.54. The number of halogens is 2. The van der Waals surface area contributed by atoms with Crippen molar-refractivity contribution in [2.45, 2.75) is 62.5 Å². The van der Waals surface area contributed by atoms with E-state index in [-0.39, 0.29) is 11.3 Å². The smallest absolute Gasteiger partial charge is 0.264 e. The van der Waals surface area contributed by atoms with E-state index in [2.05, 4.69) is 36.4 Å². The predicted molar refractivity (Wildman–Crippen MR) is 98.6 cm³/mol. The van der Waals surface area contributed by atoms with Gasteiger partial charge in [0.25, 0.3) is 5.89 Å². The average Bonchev–Trinajstić information content (AvgIpc) is 3.21. The Bertz CT molecular complexity index is 810. The summed E-state index contributed by atoms with van der Waals surface area (Å²) in [6, 6.07) is 3.94. The Morgan fingerprint density at radius 2 is 1.85 bits per heavy atom. The quantitative estimate of drug-likeness (QED) is 0.745. The van der Waals surface area contributed by atoms with Gasteiger partial charge in [-0.1, -0.05) is 21.1 Å². The van der Waals surface area contributed by atoms with Gasteiger partial charge in [-0.3, -0.25) is 0 Å². The minimum atomic E-state index is -1.34. The Kier molecular flexibility index (Phi) is 3.68. The molecule has 4 aliphatic rings. The number of fused-ring (bicyclic) bond motifs is 3. The zero-order valence-corrected chi connectivity index (χ0v) is 16.2. The van der Waals surface area contributed by atoms with Crippen LogP contribution in [0, 0.1) is 5.41 Å². The molecule has 6 rings (SSSR count). The molecule has 0 aliphatic heterocycles. The SMILES string of the molecule is FC1(c2nc(C34CCC(CNc5cc(Br)ccn5)(CC3)CC4)no2)CC1. The van der Waals surface area contributed by atoms with Crippen molar-refractivity contribution in [2.75, 3.05) is 11.9 Å². The molecule has 0 saturated heterocycles. The first kappa shape index (κ1) is 16.7. The summed E-state index contributed by atoms with van der Waals surface area (Å²) >= 11 is 3.49. The predicted octanol–water partition coefficient (Wildman–Crippen LogP) is 4.89. The van der Waals surface area contributed by atoms with Crippen LogP contribution in [0.5, 0.6) is 0 Å². The minimum Gasteiger partial charge on any atom is -0.369 e. The molecule has 2 aromatic rings. The first-order chi connectivity index (χ1) is 12.5. The second kappa shape index (κ2) is 5.75. The van der Waals surface area contributed by atoms with E-state index in [4.69, 9.17) is 4.52 Å². The fourth-order valence-electron chi connectivity index (χ4n) is 4.59. The molecule has 5 nitrogen and oxygen atoms in total. The first-order valence-corrected chi connectivity index (χ1v) is 10.2. The Hall–Kier alpha value is -1.50. The van der Waals surface area contributed by atoms with E-state index in [1.807, 2.05) is 18.3 Å². The van der Waals surface area contributed by atoms with Crippen LogP contribution in [-0.2, 0) is 11.1 Å². The molecule has 0 radical (unpaired) electrons. The van der Waals surface area contributed by atoms with Crippen LogP contribution >= 0.6 is 15.9 Å². The highest BCUT2D eigenvalue weighted by atomic mass is 79.9. The lowest BCUT2D eigenvalue weighted by Gasteiger charge is -2.52. The molecule has 0 amide bonds. The van der Waals surface area contributed by atoms with Crippen LogP contribution in [0.3, 0.4) is 0 Å². The molecule has 4 aliphatic carbocycles. The van der Waals surface area contributed by atoms with Crippen LogP contribution < -0.4 is 5.32 Å². The molecule has 7 heteroatoms. The van der Waals surface area contributed by atoms with Gasteiger partial charge in [-0.05, 0) is 68.9 Å². The number of alkyl halides is 1. The number of hydrogen-bond donors (Lipinski definition) is 1. The van der Waals surface area contributed by atoms with Crippen molar-refractivity contribution in [3.05, 3.63) is 34.5 Å². The van der Waals surface area contributed by atoms with Crippen LogP contribution in [-0.4, -0.2) is 21.7 Å². The third kappa shape index (κ3) is 2.75. The molecule has 0 unspecified atom stereocenters. The molecular formula is C19H22BrFN4O. The second-order valence-electron chi connectivity index (χ2n) is 8.38. The molecule has 4 fully saturated rings. The highest BCUT2D eigenvalue weighted by Crippen LogP contribution is 2.57. The van der Waals surface area contributed by atoms with Crippen molar-refractivity contribution < 1.29 is 8.91 Å². The Labute approximate surface area is 160 Å². The van der Waals surface area contributed by atoms with E-state index in [9.17, 15) is 4.39 Å². The van der Waals surface area contributed by atoms with E-state index >= 15 is 0 Å². The van der Waals surface area contributed by atoms with Gasteiger partial charge in [-0.15, -0.1) is 0 Å². The number of aromatic nitrogens is 3. The Morgan fingerprint density at radius 3 is 2.50 bits per heavy atom. The third-order valence-electron chi connectivity index (χ3n) is 6.74. The summed E-state index contributed by atoms with van der Waals surface area (Å²) < 4.78 is 20.5. The Balaban J connectivity index is 1.27.